The molecule has 0 radical (unpaired) electrons. The van der Waals surface area contributed by atoms with Crippen molar-refractivity contribution < 1.29 is 18.0 Å². The lowest BCUT2D eigenvalue weighted by atomic mass is 10.1. The molecule has 1 saturated heterocycles. The van der Waals surface area contributed by atoms with Gasteiger partial charge in [0.05, 0.1) is 5.56 Å². The number of amides is 1. The maximum atomic E-state index is 12.7. The van der Waals surface area contributed by atoms with Crippen molar-refractivity contribution in [1.82, 2.24) is 10.2 Å². The maximum absolute atomic E-state index is 12.7. The molecule has 1 amide bonds. The number of hydrogen-bond acceptors (Lipinski definition) is 2. The third-order valence-corrected chi connectivity index (χ3v) is 3.37. The van der Waals surface area contributed by atoms with Gasteiger partial charge in [-0.3, -0.25) is 4.79 Å². The Hall–Kier alpha value is -1.56. The zero-order chi connectivity index (χ0) is 14.8. The number of carbonyl (C=O) groups excluding carboxylic acids is 1. The van der Waals surface area contributed by atoms with Crippen LogP contribution in [0, 0.1) is 5.92 Å². The van der Waals surface area contributed by atoms with Crippen molar-refractivity contribution in [2.45, 2.75) is 19.6 Å². The summed E-state index contributed by atoms with van der Waals surface area (Å²) in [5, 5.41) is 3.14. The highest BCUT2D eigenvalue weighted by atomic mass is 19.4. The Morgan fingerprint density at radius 1 is 1.40 bits per heavy atom. The summed E-state index contributed by atoms with van der Waals surface area (Å²) in [5.41, 5.74) is -0.175. The summed E-state index contributed by atoms with van der Waals surface area (Å²) in [6.45, 7) is 3.82. The van der Waals surface area contributed by atoms with E-state index in [4.69, 9.17) is 0 Å². The Morgan fingerprint density at radius 3 is 2.85 bits per heavy atom. The van der Waals surface area contributed by atoms with Crippen LogP contribution in [0.3, 0.4) is 0 Å². The molecular formula is C14H17F3N2O. The molecule has 1 aliphatic heterocycles. The minimum atomic E-state index is -4.35. The number of nitrogens with zero attached hydrogens (tertiary/aromatic N) is 1. The number of carbonyl (C=O) groups is 1. The average Bonchev–Trinajstić information content (AvgIpc) is 2.54. The van der Waals surface area contributed by atoms with Gasteiger partial charge in [0.15, 0.2) is 0 Å². The molecule has 0 aromatic heterocycles. The van der Waals surface area contributed by atoms with Crippen LogP contribution in [0.15, 0.2) is 24.3 Å². The van der Waals surface area contributed by atoms with E-state index in [1.165, 1.54) is 6.07 Å². The second-order valence-corrected chi connectivity index (χ2v) is 5.06. The lowest BCUT2D eigenvalue weighted by molar-refractivity contribution is -0.137. The second kappa shape index (κ2) is 5.83. The minimum absolute atomic E-state index is 0.0209. The van der Waals surface area contributed by atoms with E-state index < -0.39 is 11.7 Å². The van der Waals surface area contributed by atoms with Crippen LogP contribution in [0.5, 0.6) is 0 Å². The molecule has 0 bridgehead atoms. The summed E-state index contributed by atoms with van der Waals surface area (Å²) < 4.78 is 38.0. The van der Waals surface area contributed by atoms with E-state index in [0.29, 0.717) is 25.2 Å². The fraction of sp³-hybridized carbons (Fsp3) is 0.500. The molecule has 3 nitrogen and oxygen atoms in total. The highest BCUT2D eigenvalue weighted by Gasteiger charge is 2.30. The van der Waals surface area contributed by atoms with Gasteiger partial charge in [0.2, 0.25) is 5.91 Å². The van der Waals surface area contributed by atoms with Crippen LogP contribution < -0.4 is 5.32 Å². The Kier molecular flexibility index (Phi) is 4.32. The summed E-state index contributed by atoms with van der Waals surface area (Å²) in [7, 11) is 0. The third-order valence-electron chi connectivity index (χ3n) is 3.37. The van der Waals surface area contributed by atoms with Crippen molar-refractivity contribution in [1.29, 1.82) is 0 Å². The lowest BCUT2D eigenvalue weighted by Gasteiger charge is -2.22. The average molecular weight is 286 g/mol. The van der Waals surface area contributed by atoms with E-state index in [9.17, 15) is 18.0 Å². The summed E-state index contributed by atoms with van der Waals surface area (Å²) in [4.78, 5) is 13.7. The van der Waals surface area contributed by atoms with Crippen LogP contribution in [-0.4, -0.2) is 30.4 Å². The van der Waals surface area contributed by atoms with Crippen LogP contribution in [-0.2, 0) is 17.5 Å². The van der Waals surface area contributed by atoms with Crippen molar-refractivity contribution in [2.24, 2.45) is 5.92 Å². The van der Waals surface area contributed by atoms with Crippen LogP contribution in [0.2, 0.25) is 0 Å². The van der Waals surface area contributed by atoms with Gasteiger partial charge in [0, 0.05) is 32.1 Å². The van der Waals surface area contributed by atoms with E-state index in [0.717, 1.165) is 12.1 Å². The summed E-state index contributed by atoms with van der Waals surface area (Å²) >= 11 is 0. The van der Waals surface area contributed by atoms with Gasteiger partial charge in [0.25, 0.3) is 0 Å². The molecular weight excluding hydrogens is 269 g/mol. The number of hydrogen-bond donors (Lipinski definition) is 1. The van der Waals surface area contributed by atoms with Gasteiger partial charge in [-0.15, -0.1) is 0 Å². The Morgan fingerprint density at radius 2 is 2.15 bits per heavy atom. The molecule has 1 unspecified atom stereocenters. The van der Waals surface area contributed by atoms with Crippen molar-refractivity contribution in [3.05, 3.63) is 35.4 Å². The fourth-order valence-electron chi connectivity index (χ4n) is 2.27. The molecule has 0 saturated carbocycles. The van der Waals surface area contributed by atoms with Gasteiger partial charge in [-0.2, -0.15) is 13.2 Å². The number of nitrogens with one attached hydrogen (secondary N) is 1. The largest absolute Gasteiger partial charge is 0.416 e. The minimum Gasteiger partial charge on any atom is -0.337 e. The molecule has 2 rings (SSSR count). The molecule has 1 atom stereocenters. The smallest absolute Gasteiger partial charge is 0.337 e. The molecule has 0 spiro atoms. The van der Waals surface area contributed by atoms with E-state index >= 15 is 0 Å². The Balaban J connectivity index is 2.15. The van der Waals surface area contributed by atoms with E-state index in [1.807, 2.05) is 6.92 Å². The quantitative estimate of drug-likeness (QED) is 0.904. The highest BCUT2D eigenvalue weighted by molar-refractivity contribution is 5.79. The van der Waals surface area contributed by atoms with Gasteiger partial charge in [0.1, 0.15) is 0 Å². The standard InChI is InChI=1S/C14H17F3N2O/c1-10-8-18-5-6-19(13(10)20)9-11-3-2-4-12(7-11)14(15,16)17/h2-4,7,10,18H,5-6,8-9H2,1H3. The fourth-order valence-corrected chi connectivity index (χ4v) is 2.27. The van der Waals surface area contributed by atoms with E-state index in [-0.39, 0.29) is 18.4 Å². The summed E-state index contributed by atoms with van der Waals surface area (Å²) in [6, 6.07) is 5.14. The van der Waals surface area contributed by atoms with E-state index in [1.54, 1.807) is 11.0 Å². The number of rotatable bonds is 2. The predicted molar refractivity (Wildman–Crippen MR) is 68.9 cm³/mol. The van der Waals surface area contributed by atoms with Crippen LogP contribution in [0.4, 0.5) is 13.2 Å². The van der Waals surface area contributed by atoms with Crippen molar-refractivity contribution in [2.75, 3.05) is 19.6 Å². The van der Waals surface area contributed by atoms with Gasteiger partial charge in [-0.05, 0) is 17.7 Å². The molecule has 110 valence electrons. The molecule has 6 heteroatoms. The Bertz CT molecular complexity index is 488. The normalized spacial score (nSPS) is 20.9. The van der Waals surface area contributed by atoms with Crippen LogP contribution in [0.1, 0.15) is 18.1 Å². The molecule has 1 N–H and O–H groups in total. The van der Waals surface area contributed by atoms with Crippen molar-refractivity contribution in [3.8, 4) is 0 Å². The second-order valence-electron chi connectivity index (χ2n) is 5.06. The first-order valence-electron chi connectivity index (χ1n) is 6.53. The van der Waals surface area contributed by atoms with Gasteiger partial charge in [-0.25, -0.2) is 0 Å². The molecule has 1 aliphatic rings. The SMILES string of the molecule is CC1CNCCN(Cc2cccc(C(F)(F)F)c2)C1=O. The van der Waals surface area contributed by atoms with Gasteiger partial charge in [-0.1, -0.05) is 19.1 Å². The first kappa shape index (κ1) is 14.8. The first-order chi connectivity index (χ1) is 9.38. The maximum Gasteiger partial charge on any atom is 0.416 e. The Labute approximate surface area is 115 Å². The highest BCUT2D eigenvalue weighted by Crippen LogP contribution is 2.29. The van der Waals surface area contributed by atoms with Gasteiger partial charge < -0.3 is 10.2 Å². The van der Waals surface area contributed by atoms with Crippen LogP contribution >= 0.6 is 0 Å². The van der Waals surface area contributed by atoms with Gasteiger partial charge >= 0.3 is 6.18 Å². The third kappa shape index (κ3) is 3.50. The molecule has 1 heterocycles. The van der Waals surface area contributed by atoms with E-state index in [2.05, 4.69) is 5.32 Å². The molecule has 0 aliphatic carbocycles. The van der Waals surface area contributed by atoms with Crippen molar-refractivity contribution in [3.63, 3.8) is 0 Å². The van der Waals surface area contributed by atoms with Crippen LogP contribution in [0.25, 0.3) is 0 Å². The zero-order valence-corrected chi connectivity index (χ0v) is 11.2. The number of benzene rings is 1. The first-order valence-corrected chi connectivity index (χ1v) is 6.53. The number of halogens is 3. The monoisotopic (exact) mass is 286 g/mol. The lowest BCUT2D eigenvalue weighted by Crippen LogP contribution is -2.35. The molecule has 20 heavy (non-hydrogen) atoms. The van der Waals surface area contributed by atoms with Crippen molar-refractivity contribution >= 4 is 5.91 Å². The zero-order valence-electron chi connectivity index (χ0n) is 11.2. The molecule has 1 aromatic rings. The predicted octanol–water partition coefficient (Wildman–Crippen LogP) is 2.27. The number of alkyl halides is 3. The molecule has 1 fully saturated rings. The summed E-state index contributed by atoms with van der Waals surface area (Å²) in [6.07, 6.45) is -4.35. The topological polar surface area (TPSA) is 32.3 Å². The molecule has 1 aromatic carbocycles. The summed E-state index contributed by atoms with van der Waals surface area (Å²) in [5.74, 6) is -0.171.